The van der Waals surface area contributed by atoms with Gasteiger partial charge in [-0.3, -0.25) is 9.59 Å². The summed E-state index contributed by atoms with van der Waals surface area (Å²) in [6.07, 6.45) is -1.61. The summed E-state index contributed by atoms with van der Waals surface area (Å²) >= 11 is 0. The van der Waals surface area contributed by atoms with Crippen molar-refractivity contribution >= 4 is 23.8 Å². The van der Waals surface area contributed by atoms with Crippen LogP contribution in [-0.4, -0.2) is 63.1 Å². The molecular formula is C31H38O8. The molecule has 3 N–H and O–H groups in total. The van der Waals surface area contributed by atoms with Crippen molar-refractivity contribution in [1.82, 2.24) is 0 Å². The molecule has 0 aliphatic heterocycles. The third-order valence-corrected chi connectivity index (χ3v) is 11.1. The second kappa shape index (κ2) is 8.59. The number of ketones is 1. The summed E-state index contributed by atoms with van der Waals surface area (Å²) in [5.41, 5.74) is -6.02. The fraction of sp³-hybridized carbons (Fsp3) is 0.581. The zero-order valence-electron chi connectivity index (χ0n) is 23.1. The number of aliphatic hydroxyl groups excluding tert-OH is 2. The van der Waals surface area contributed by atoms with Crippen LogP contribution in [0.15, 0.2) is 48.6 Å². The molecule has 4 saturated carbocycles. The normalized spacial score (nSPS) is 44.2. The van der Waals surface area contributed by atoms with E-state index in [1.807, 2.05) is 37.3 Å². The zero-order chi connectivity index (χ0) is 28.8. The van der Waals surface area contributed by atoms with E-state index in [0.717, 1.165) is 5.56 Å². The maximum absolute atomic E-state index is 13.5. The Morgan fingerprint density at radius 2 is 1.74 bits per heavy atom. The fourth-order valence-corrected chi connectivity index (χ4v) is 9.52. The van der Waals surface area contributed by atoms with Crippen molar-refractivity contribution in [3.63, 3.8) is 0 Å². The van der Waals surface area contributed by atoms with E-state index >= 15 is 0 Å². The average Bonchev–Trinajstić information content (AvgIpc) is 3.09. The highest BCUT2D eigenvalue weighted by Crippen LogP contribution is 2.86. The Hall–Kier alpha value is -2.81. The summed E-state index contributed by atoms with van der Waals surface area (Å²) in [5.74, 6) is -2.32. The van der Waals surface area contributed by atoms with Gasteiger partial charge in [-0.25, -0.2) is 4.79 Å². The number of carbonyl (C=O) groups excluding carboxylic acids is 3. The van der Waals surface area contributed by atoms with E-state index in [4.69, 9.17) is 9.47 Å². The van der Waals surface area contributed by atoms with Crippen LogP contribution in [0.25, 0.3) is 6.08 Å². The second-order valence-electron chi connectivity index (χ2n) is 12.6. The molecule has 8 heteroatoms. The minimum atomic E-state index is -1.89. The standard InChI is InChI=1S/C31H38O8/c1-17-21(33)16-29(37)26(36)31-18(2)22(39-23(34)13-12-20-10-8-7-9-11-20)14-15-28(31,6)25(38-19(3)32)24(35)30(17,31)27(29,4)5/h7-13,17,22,24-26,35-37H,2,14-16H2,1,3-6H3. The van der Waals surface area contributed by atoms with Crippen molar-refractivity contribution in [2.24, 2.45) is 27.6 Å². The predicted molar refractivity (Wildman–Crippen MR) is 142 cm³/mol. The highest BCUT2D eigenvalue weighted by atomic mass is 16.6. The van der Waals surface area contributed by atoms with Crippen LogP contribution >= 0.6 is 0 Å². The van der Waals surface area contributed by atoms with Crippen LogP contribution in [-0.2, 0) is 23.9 Å². The molecule has 0 saturated heterocycles. The van der Waals surface area contributed by atoms with Gasteiger partial charge in [-0.05, 0) is 30.1 Å². The molecule has 39 heavy (non-hydrogen) atoms. The van der Waals surface area contributed by atoms with Crippen molar-refractivity contribution in [2.45, 2.75) is 83.9 Å². The molecule has 2 spiro atoms. The van der Waals surface area contributed by atoms with Crippen LogP contribution in [0.4, 0.5) is 0 Å². The Balaban J connectivity index is 1.65. The van der Waals surface area contributed by atoms with E-state index in [1.54, 1.807) is 26.8 Å². The van der Waals surface area contributed by atoms with Crippen LogP contribution in [0.1, 0.15) is 59.4 Å². The molecule has 9 unspecified atom stereocenters. The molecule has 210 valence electrons. The van der Waals surface area contributed by atoms with Gasteiger partial charge in [0.1, 0.15) is 23.6 Å². The molecule has 1 aromatic rings. The lowest BCUT2D eigenvalue weighted by Crippen LogP contribution is -2.64. The zero-order valence-corrected chi connectivity index (χ0v) is 23.1. The molecular weight excluding hydrogens is 500 g/mol. The molecule has 0 amide bonds. The van der Waals surface area contributed by atoms with Crippen LogP contribution in [0.2, 0.25) is 0 Å². The van der Waals surface area contributed by atoms with Gasteiger partial charge in [-0.15, -0.1) is 0 Å². The number of fused-ring (bicyclic) bond motifs is 1. The van der Waals surface area contributed by atoms with E-state index in [1.165, 1.54) is 13.0 Å². The molecule has 0 radical (unpaired) electrons. The lowest BCUT2D eigenvalue weighted by molar-refractivity contribution is -0.207. The van der Waals surface area contributed by atoms with E-state index in [2.05, 4.69) is 6.58 Å². The Kier molecular flexibility index (Phi) is 6.11. The summed E-state index contributed by atoms with van der Waals surface area (Å²) in [6.45, 7) is 12.6. The van der Waals surface area contributed by atoms with Gasteiger partial charge in [-0.2, -0.15) is 0 Å². The molecule has 2 bridgehead atoms. The number of esters is 2. The molecule has 4 fully saturated rings. The molecule has 9 atom stereocenters. The van der Waals surface area contributed by atoms with Gasteiger partial charge < -0.3 is 24.8 Å². The first-order chi connectivity index (χ1) is 18.1. The van der Waals surface area contributed by atoms with Crippen LogP contribution in [0.3, 0.4) is 0 Å². The number of hydrogen-bond donors (Lipinski definition) is 3. The van der Waals surface area contributed by atoms with Crippen LogP contribution in [0, 0.1) is 27.6 Å². The molecule has 0 aromatic heterocycles. The number of ether oxygens (including phenoxy) is 2. The molecule has 8 nitrogen and oxygen atoms in total. The first-order valence-corrected chi connectivity index (χ1v) is 13.6. The maximum atomic E-state index is 13.5. The lowest BCUT2D eigenvalue weighted by atomic mass is 9.42. The number of aliphatic hydroxyl groups is 3. The van der Waals surface area contributed by atoms with E-state index < -0.39 is 69.5 Å². The van der Waals surface area contributed by atoms with Gasteiger partial charge in [0.25, 0.3) is 0 Å². The van der Waals surface area contributed by atoms with Gasteiger partial charge >= 0.3 is 11.9 Å². The van der Waals surface area contributed by atoms with Crippen molar-refractivity contribution in [3.05, 3.63) is 54.1 Å². The summed E-state index contributed by atoms with van der Waals surface area (Å²) in [5, 5.41) is 36.4. The van der Waals surface area contributed by atoms with Gasteiger partial charge in [0, 0.05) is 47.0 Å². The number of hydrogen-bond acceptors (Lipinski definition) is 8. The average molecular weight is 539 g/mol. The van der Waals surface area contributed by atoms with Crippen molar-refractivity contribution in [2.75, 3.05) is 0 Å². The predicted octanol–water partition coefficient (Wildman–Crippen LogP) is 2.99. The van der Waals surface area contributed by atoms with Crippen molar-refractivity contribution in [3.8, 4) is 0 Å². The van der Waals surface area contributed by atoms with E-state index in [-0.39, 0.29) is 18.6 Å². The van der Waals surface area contributed by atoms with Crippen LogP contribution < -0.4 is 0 Å². The fourth-order valence-electron chi connectivity index (χ4n) is 9.52. The minimum Gasteiger partial charge on any atom is -0.459 e. The third-order valence-electron chi connectivity index (χ3n) is 11.1. The van der Waals surface area contributed by atoms with Crippen molar-refractivity contribution in [1.29, 1.82) is 0 Å². The van der Waals surface area contributed by atoms with Gasteiger partial charge in [0.15, 0.2) is 0 Å². The summed E-state index contributed by atoms with van der Waals surface area (Å²) in [6, 6.07) is 9.28. The summed E-state index contributed by atoms with van der Waals surface area (Å²) in [4.78, 5) is 38.7. The third kappa shape index (κ3) is 3.03. The first kappa shape index (κ1) is 27.7. The summed E-state index contributed by atoms with van der Waals surface area (Å²) < 4.78 is 11.7. The number of benzene rings is 1. The smallest absolute Gasteiger partial charge is 0.331 e. The second-order valence-corrected chi connectivity index (χ2v) is 12.6. The monoisotopic (exact) mass is 538 g/mol. The largest absolute Gasteiger partial charge is 0.459 e. The Labute approximate surface area is 228 Å². The molecule has 4 aliphatic carbocycles. The van der Waals surface area contributed by atoms with Crippen LogP contribution in [0.5, 0.6) is 0 Å². The molecule has 0 heterocycles. The van der Waals surface area contributed by atoms with Gasteiger partial charge in [0.2, 0.25) is 0 Å². The quantitative estimate of drug-likeness (QED) is 0.303. The Morgan fingerprint density at radius 3 is 2.36 bits per heavy atom. The van der Waals surface area contributed by atoms with Crippen molar-refractivity contribution < 1.29 is 39.2 Å². The molecule has 4 aliphatic rings. The number of Topliss-reactive ketones (excluding diaryl/α,β-unsaturated/α-hetero) is 1. The molecule has 1 aromatic carbocycles. The number of rotatable bonds is 4. The lowest BCUT2D eigenvalue weighted by Gasteiger charge is -2.60. The van der Waals surface area contributed by atoms with E-state index in [9.17, 15) is 29.7 Å². The first-order valence-electron chi connectivity index (χ1n) is 13.6. The topological polar surface area (TPSA) is 130 Å². The SMILES string of the molecule is C=C1C(OC(=O)C=Cc2ccccc2)CCC2(C)C(OC(C)=O)C(O)C34C(C)C(=O)CC(O)(C(O)C123)C4(C)C. The number of carbonyl (C=O) groups is 3. The maximum Gasteiger partial charge on any atom is 0.331 e. The molecule has 5 rings (SSSR count). The highest BCUT2D eigenvalue weighted by molar-refractivity contribution is 5.88. The Morgan fingerprint density at radius 1 is 1.10 bits per heavy atom. The van der Waals surface area contributed by atoms with Gasteiger partial charge in [-0.1, -0.05) is 64.6 Å². The summed E-state index contributed by atoms with van der Waals surface area (Å²) in [7, 11) is 0. The minimum absolute atomic E-state index is 0.285. The highest BCUT2D eigenvalue weighted by Gasteiger charge is 2.94. The van der Waals surface area contributed by atoms with Gasteiger partial charge in [0.05, 0.1) is 12.2 Å². The van der Waals surface area contributed by atoms with E-state index in [0.29, 0.717) is 12.0 Å². The Bertz CT molecular complexity index is 1270.